The van der Waals surface area contributed by atoms with Gasteiger partial charge in [0.15, 0.2) is 0 Å². The van der Waals surface area contributed by atoms with E-state index in [0.717, 1.165) is 5.56 Å². The monoisotopic (exact) mass is 275 g/mol. The van der Waals surface area contributed by atoms with Crippen molar-refractivity contribution in [3.05, 3.63) is 69.2 Å². The Balaban J connectivity index is 2.03. The molecule has 0 atom stereocenters. The van der Waals surface area contributed by atoms with Gasteiger partial charge in [-0.15, -0.1) is 0 Å². The molecule has 0 unspecified atom stereocenters. The molecule has 0 bridgehead atoms. The van der Waals surface area contributed by atoms with Gasteiger partial charge in [0.25, 0.3) is 5.69 Å². The molecule has 0 aliphatic heterocycles. The van der Waals surface area contributed by atoms with Crippen molar-refractivity contribution < 1.29 is 4.92 Å². The number of hydrazone groups is 1. The molecule has 2 aromatic carbocycles. The molecule has 0 fully saturated rings. The Morgan fingerprint density at radius 1 is 1.16 bits per heavy atom. The quantitative estimate of drug-likeness (QED) is 0.525. The first-order valence-electron chi connectivity index (χ1n) is 5.45. The molecule has 0 heterocycles. The van der Waals surface area contributed by atoms with Crippen LogP contribution < -0.4 is 5.43 Å². The molecule has 1 N–H and O–H groups in total. The maximum Gasteiger partial charge on any atom is 0.269 e. The molecule has 0 aliphatic rings. The minimum absolute atomic E-state index is 0.0423. The number of nitrogens with zero attached hydrogens (tertiary/aromatic N) is 2. The second kappa shape index (κ2) is 5.97. The summed E-state index contributed by atoms with van der Waals surface area (Å²) in [6.07, 6.45) is 1.59. The largest absolute Gasteiger partial charge is 0.278 e. The first-order chi connectivity index (χ1) is 9.16. The van der Waals surface area contributed by atoms with Gasteiger partial charge in [0, 0.05) is 22.7 Å². The summed E-state index contributed by atoms with van der Waals surface area (Å²) in [6.45, 7) is 0. The van der Waals surface area contributed by atoms with Gasteiger partial charge in [0.1, 0.15) is 0 Å². The van der Waals surface area contributed by atoms with E-state index in [4.69, 9.17) is 11.6 Å². The molecule has 0 saturated heterocycles. The number of hydrogen-bond acceptors (Lipinski definition) is 4. The van der Waals surface area contributed by atoms with E-state index in [-0.39, 0.29) is 5.69 Å². The summed E-state index contributed by atoms with van der Waals surface area (Å²) in [5.41, 5.74) is 4.27. The van der Waals surface area contributed by atoms with Crippen LogP contribution in [0.5, 0.6) is 0 Å². The van der Waals surface area contributed by atoms with Crippen molar-refractivity contribution in [2.24, 2.45) is 5.10 Å². The van der Waals surface area contributed by atoms with Crippen molar-refractivity contribution in [3.63, 3.8) is 0 Å². The van der Waals surface area contributed by atoms with Gasteiger partial charge in [-0.05, 0) is 18.2 Å². The van der Waals surface area contributed by atoms with E-state index in [9.17, 15) is 10.1 Å². The third-order valence-electron chi connectivity index (χ3n) is 2.38. The van der Waals surface area contributed by atoms with Gasteiger partial charge in [-0.1, -0.05) is 29.8 Å². The molecule has 0 saturated carbocycles. The fourth-order valence-corrected chi connectivity index (χ4v) is 1.60. The van der Waals surface area contributed by atoms with E-state index >= 15 is 0 Å². The molecule has 0 amide bonds. The Kier molecular flexibility index (Phi) is 4.10. The van der Waals surface area contributed by atoms with Gasteiger partial charge < -0.3 is 0 Å². The van der Waals surface area contributed by atoms with Gasteiger partial charge >= 0.3 is 0 Å². The molecular formula is C13H10ClN3O2. The molecule has 2 rings (SSSR count). The highest BCUT2D eigenvalue weighted by molar-refractivity contribution is 6.33. The summed E-state index contributed by atoms with van der Waals surface area (Å²) < 4.78 is 0. The molecule has 2 aromatic rings. The average molecular weight is 276 g/mol. The van der Waals surface area contributed by atoms with Gasteiger partial charge in [-0.3, -0.25) is 15.5 Å². The van der Waals surface area contributed by atoms with Crippen molar-refractivity contribution in [1.29, 1.82) is 0 Å². The third-order valence-corrected chi connectivity index (χ3v) is 2.72. The van der Waals surface area contributed by atoms with Crippen LogP contribution in [0.15, 0.2) is 53.6 Å². The smallest absolute Gasteiger partial charge is 0.269 e. The second-order valence-electron chi connectivity index (χ2n) is 3.70. The topological polar surface area (TPSA) is 67.5 Å². The molecular weight excluding hydrogens is 266 g/mol. The van der Waals surface area contributed by atoms with Crippen LogP contribution in [0.2, 0.25) is 5.02 Å². The number of halogens is 1. The summed E-state index contributed by atoms with van der Waals surface area (Å²) >= 11 is 5.97. The lowest BCUT2D eigenvalue weighted by Gasteiger charge is -2.00. The maximum atomic E-state index is 10.5. The number of nitro groups is 1. The minimum atomic E-state index is -0.448. The lowest BCUT2D eigenvalue weighted by Crippen LogP contribution is -1.92. The molecule has 96 valence electrons. The van der Waals surface area contributed by atoms with Gasteiger partial charge in [0.2, 0.25) is 0 Å². The highest BCUT2D eigenvalue weighted by Gasteiger charge is 2.02. The molecule has 6 heteroatoms. The highest BCUT2D eigenvalue weighted by Crippen LogP contribution is 2.16. The van der Waals surface area contributed by atoms with Crippen LogP contribution in [0.3, 0.4) is 0 Å². The number of rotatable bonds is 4. The predicted molar refractivity (Wildman–Crippen MR) is 75.8 cm³/mol. The van der Waals surface area contributed by atoms with Crippen LogP contribution in [0, 0.1) is 10.1 Å². The Labute approximate surface area is 114 Å². The zero-order valence-corrected chi connectivity index (χ0v) is 10.5. The number of benzene rings is 2. The number of hydrogen-bond donors (Lipinski definition) is 1. The third kappa shape index (κ3) is 3.53. The van der Waals surface area contributed by atoms with Crippen molar-refractivity contribution in [2.45, 2.75) is 0 Å². The Morgan fingerprint density at radius 3 is 2.47 bits per heavy atom. The van der Waals surface area contributed by atoms with Crippen molar-refractivity contribution in [3.8, 4) is 0 Å². The van der Waals surface area contributed by atoms with Gasteiger partial charge in [-0.25, -0.2) is 0 Å². The molecule has 0 aliphatic carbocycles. The summed E-state index contributed by atoms with van der Waals surface area (Å²) in [6, 6.07) is 13.3. The lowest BCUT2D eigenvalue weighted by molar-refractivity contribution is -0.384. The number of nitro benzene ring substituents is 1. The van der Waals surface area contributed by atoms with Crippen LogP contribution in [-0.4, -0.2) is 11.1 Å². The number of anilines is 1. The zero-order valence-electron chi connectivity index (χ0n) is 9.79. The van der Waals surface area contributed by atoms with E-state index in [1.165, 1.54) is 12.1 Å². The van der Waals surface area contributed by atoms with E-state index in [1.807, 2.05) is 18.2 Å². The molecule has 5 nitrogen and oxygen atoms in total. The van der Waals surface area contributed by atoms with Crippen molar-refractivity contribution in [1.82, 2.24) is 0 Å². The fourth-order valence-electron chi connectivity index (χ4n) is 1.41. The summed E-state index contributed by atoms with van der Waals surface area (Å²) in [5, 5.41) is 15.1. The normalized spacial score (nSPS) is 10.6. The summed E-state index contributed by atoms with van der Waals surface area (Å²) in [7, 11) is 0. The van der Waals surface area contributed by atoms with Crippen molar-refractivity contribution >= 4 is 29.2 Å². The van der Waals surface area contributed by atoms with E-state index in [1.54, 1.807) is 24.4 Å². The maximum absolute atomic E-state index is 10.5. The predicted octanol–water partition coefficient (Wildman–Crippen LogP) is 3.69. The van der Waals surface area contributed by atoms with E-state index < -0.39 is 4.92 Å². The van der Waals surface area contributed by atoms with Crippen LogP contribution in [-0.2, 0) is 0 Å². The Bertz CT molecular complexity index is 612. The van der Waals surface area contributed by atoms with Gasteiger partial charge in [-0.2, -0.15) is 5.10 Å². The van der Waals surface area contributed by atoms with Crippen LogP contribution in [0.4, 0.5) is 11.4 Å². The number of nitrogens with one attached hydrogen (secondary N) is 1. The van der Waals surface area contributed by atoms with E-state index in [2.05, 4.69) is 10.5 Å². The summed E-state index contributed by atoms with van der Waals surface area (Å²) in [5.74, 6) is 0. The molecule has 0 aromatic heterocycles. The molecule has 19 heavy (non-hydrogen) atoms. The Hall–Kier alpha value is -2.40. The van der Waals surface area contributed by atoms with Crippen molar-refractivity contribution in [2.75, 3.05) is 5.43 Å². The average Bonchev–Trinajstić information content (AvgIpc) is 2.41. The fraction of sp³-hybridized carbons (Fsp3) is 0. The lowest BCUT2D eigenvalue weighted by atomic mass is 10.2. The molecule has 0 spiro atoms. The van der Waals surface area contributed by atoms with Crippen LogP contribution in [0.1, 0.15) is 5.56 Å². The second-order valence-corrected chi connectivity index (χ2v) is 4.10. The first-order valence-corrected chi connectivity index (χ1v) is 5.82. The number of non-ortho nitro benzene ring substituents is 1. The van der Waals surface area contributed by atoms with Gasteiger partial charge in [0.05, 0.1) is 16.8 Å². The van der Waals surface area contributed by atoms with Crippen LogP contribution in [0.25, 0.3) is 0 Å². The SMILES string of the molecule is O=[N+]([O-])c1ccc(N/N=C\c2ccccc2Cl)cc1. The molecule has 0 radical (unpaired) electrons. The Morgan fingerprint density at radius 2 is 1.84 bits per heavy atom. The summed E-state index contributed by atoms with van der Waals surface area (Å²) in [4.78, 5) is 10.0. The first kappa shape index (κ1) is 13.0. The van der Waals surface area contributed by atoms with Crippen LogP contribution >= 0.6 is 11.6 Å². The zero-order chi connectivity index (χ0) is 13.7. The minimum Gasteiger partial charge on any atom is -0.278 e. The standard InChI is InChI=1S/C13H10ClN3O2/c14-13-4-2-1-3-10(13)9-15-16-11-5-7-12(8-6-11)17(18)19/h1-9,16H/b15-9-. The highest BCUT2D eigenvalue weighted by atomic mass is 35.5. The van der Waals surface area contributed by atoms with E-state index in [0.29, 0.717) is 10.7 Å².